The van der Waals surface area contributed by atoms with E-state index in [9.17, 15) is 14.0 Å². The molecule has 1 saturated heterocycles. The fourth-order valence-corrected chi connectivity index (χ4v) is 4.69. The van der Waals surface area contributed by atoms with E-state index in [-0.39, 0.29) is 42.9 Å². The molecule has 2 N–H and O–H groups in total. The summed E-state index contributed by atoms with van der Waals surface area (Å²) in [5, 5.41) is 0. The normalized spacial score (nSPS) is 20.7. The molecule has 39 heavy (non-hydrogen) atoms. The smallest absolute Gasteiger partial charge is 0.312 e. The van der Waals surface area contributed by atoms with Crippen molar-refractivity contribution in [2.24, 2.45) is 0 Å². The lowest BCUT2D eigenvalue weighted by Gasteiger charge is -2.28. The van der Waals surface area contributed by atoms with E-state index in [1.54, 1.807) is 0 Å². The van der Waals surface area contributed by atoms with Crippen LogP contribution in [0, 0.1) is 18.4 Å². The number of imidazole rings is 1. The van der Waals surface area contributed by atoms with Gasteiger partial charge in [-0.25, -0.2) is 4.98 Å². The van der Waals surface area contributed by atoms with Crippen molar-refractivity contribution in [2.45, 2.75) is 115 Å². The van der Waals surface area contributed by atoms with Crippen LogP contribution in [0.25, 0.3) is 11.2 Å². The van der Waals surface area contributed by atoms with Crippen molar-refractivity contribution in [3.8, 4) is 12.3 Å². The molecule has 0 radical (unpaired) electrons. The topological polar surface area (TPSA) is 131 Å². The molecule has 1 aliphatic heterocycles. The van der Waals surface area contributed by atoms with Crippen LogP contribution in [-0.2, 0) is 23.8 Å². The third-order valence-electron chi connectivity index (χ3n) is 6.95. The molecule has 11 heteroatoms. The number of carbonyl (C=O) groups excluding carboxylic acids is 2. The van der Waals surface area contributed by atoms with Crippen molar-refractivity contribution in [3.63, 3.8) is 0 Å². The van der Waals surface area contributed by atoms with Gasteiger partial charge >= 0.3 is 18.0 Å². The maximum absolute atomic E-state index is 13.9. The minimum absolute atomic E-state index is 0.114. The molecule has 0 amide bonds. The van der Waals surface area contributed by atoms with Gasteiger partial charge in [0.25, 0.3) is 0 Å². The first-order valence-electron chi connectivity index (χ1n) is 14.0. The molecule has 3 heterocycles. The van der Waals surface area contributed by atoms with Gasteiger partial charge in [-0.3, -0.25) is 14.2 Å². The van der Waals surface area contributed by atoms with Crippen LogP contribution in [0.4, 0.5) is 10.2 Å². The monoisotopic (exact) mass is 545 g/mol. The number of hydrogen-bond donors (Lipinski definition) is 1. The summed E-state index contributed by atoms with van der Waals surface area (Å²) in [6.45, 7) is 3.96. The summed E-state index contributed by atoms with van der Waals surface area (Å²) >= 11 is 0. The quantitative estimate of drug-likeness (QED) is 0.134. The van der Waals surface area contributed by atoms with E-state index in [0.717, 1.165) is 57.8 Å². The molecule has 0 unspecified atom stereocenters. The third kappa shape index (κ3) is 8.12. The Morgan fingerprint density at radius 3 is 2.38 bits per heavy atom. The molecule has 3 atom stereocenters. The number of carbonyl (C=O) groups is 2. The van der Waals surface area contributed by atoms with E-state index in [4.69, 9.17) is 26.4 Å². The van der Waals surface area contributed by atoms with E-state index >= 15 is 0 Å². The van der Waals surface area contributed by atoms with Gasteiger partial charge in [-0.05, 0) is 12.8 Å². The number of terminal acetylenes is 1. The van der Waals surface area contributed by atoms with E-state index in [1.165, 1.54) is 10.9 Å². The Morgan fingerprint density at radius 1 is 1.10 bits per heavy atom. The zero-order valence-corrected chi connectivity index (χ0v) is 23.0. The fraction of sp³-hybridized carbons (Fsp3) is 0.679. The summed E-state index contributed by atoms with van der Waals surface area (Å²) in [6, 6.07) is 0. The Hall–Kier alpha value is -3.26. The molecule has 0 aromatic carbocycles. The van der Waals surface area contributed by atoms with Crippen molar-refractivity contribution >= 4 is 28.9 Å². The van der Waals surface area contributed by atoms with Crippen molar-refractivity contribution in [3.05, 3.63) is 12.4 Å². The van der Waals surface area contributed by atoms with Gasteiger partial charge in [0.1, 0.15) is 18.9 Å². The number of nitrogens with zero attached hydrogens (tertiary/aromatic N) is 4. The average molecular weight is 546 g/mol. The van der Waals surface area contributed by atoms with Crippen LogP contribution in [0.15, 0.2) is 6.33 Å². The number of hydrogen-bond acceptors (Lipinski definition) is 9. The summed E-state index contributed by atoms with van der Waals surface area (Å²) in [6.07, 6.45) is 15.1. The van der Waals surface area contributed by atoms with E-state index in [0.29, 0.717) is 6.42 Å². The third-order valence-corrected chi connectivity index (χ3v) is 6.95. The van der Waals surface area contributed by atoms with Gasteiger partial charge in [-0.1, -0.05) is 71.1 Å². The number of esters is 2. The number of unbranched alkanes of at least 4 members (excludes halogenated alkanes) is 8. The second kappa shape index (κ2) is 14.8. The number of anilines is 1. The molecular weight excluding hydrogens is 505 g/mol. The molecule has 1 aliphatic rings. The highest BCUT2D eigenvalue weighted by molar-refractivity contribution is 5.81. The largest absolute Gasteiger partial charge is 0.461 e. The molecule has 0 spiro atoms. The molecule has 1 fully saturated rings. The van der Waals surface area contributed by atoms with Gasteiger partial charge < -0.3 is 19.9 Å². The molecule has 0 saturated carbocycles. The Balaban J connectivity index is 1.74. The zero-order valence-electron chi connectivity index (χ0n) is 23.0. The van der Waals surface area contributed by atoms with Gasteiger partial charge in [0.2, 0.25) is 5.60 Å². The zero-order chi connectivity index (χ0) is 28.3. The summed E-state index contributed by atoms with van der Waals surface area (Å²) < 4.78 is 33.0. The van der Waals surface area contributed by atoms with Crippen molar-refractivity contribution < 1.29 is 28.2 Å². The average Bonchev–Trinajstić information content (AvgIpc) is 3.49. The van der Waals surface area contributed by atoms with Crippen LogP contribution in [0.1, 0.15) is 104 Å². The number of fused-ring (bicyclic) bond motifs is 1. The molecule has 3 rings (SSSR count). The summed E-state index contributed by atoms with van der Waals surface area (Å²) in [5.74, 6) is 1.66. The van der Waals surface area contributed by atoms with Crippen LogP contribution < -0.4 is 5.73 Å². The Labute approximate surface area is 229 Å². The second-order valence-electron chi connectivity index (χ2n) is 10.0. The second-order valence-corrected chi connectivity index (χ2v) is 10.0. The lowest BCUT2D eigenvalue weighted by atomic mass is 9.98. The number of nitrogens with two attached hydrogens (primary N) is 1. The molecule has 10 nitrogen and oxygen atoms in total. The number of aromatic nitrogens is 4. The minimum Gasteiger partial charge on any atom is -0.461 e. The van der Waals surface area contributed by atoms with Gasteiger partial charge in [-0.15, -0.1) is 6.42 Å². The highest BCUT2D eigenvalue weighted by atomic mass is 19.1. The van der Waals surface area contributed by atoms with Crippen molar-refractivity contribution in [1.82, 2.24) is 19.5 Å². The SMILES string of the molecule is C#C[C@]1(COC(=O)CCCCCCC)O[C@@H](n2cnc3c(N)nc(F)nc32)C[C@@H]1OC(=O)CCCCCCC. The van der Waals surface area contributed by atoms with E-state index in [1.807, 2.05) is 0 Å². The van der Waals surface area contributed by atoms with Gasteiger partial charge in [0.05, 0.1) is 6.33 Å². The number of rotatable bonds is 16. The summed E-state index contributed by atoms with van der Waals surface area (Å²) in [5.41, 5.74) is 4.58. The molecular formula is C28H40FN5O5. The van der Waals surface area contributed by atoms with Gasteiger partial charge in [0.15, 0.2) is 17.0 Å². The highest BCUT2D eigenvalue weighted by Gasteiger charge is 2.52. The van der Waals surface area contributed by atoms with Crippen LogP contribution in [-0.4, -0.2) is 49.8 Å². The molecule has 2 aromatic heterocycles. The number of ether oxygens (including phenoxy) is 3. The molecule has 214 valence electrons. The van der Waals surface area contributed by atoms with Crippen molar-refractivity contribution in [1.29, 1.82) is 0 Å². The Bertz CT molecular complexity index is 1150. The van der Waals surface area contributed by atoms with Crippen LogP contribution >= 0.6 is 0 Å². The first-order chi connectivity index (χ1) is 18.8. The van der Waals surface area contributed by atoms with E-state index in [2.05, 4.69) is 34.7 Å². The maximum atomic E-state index is 13.9. The lowest BCUT2D eigenvalue weighted by molar-refractivity contribution is -0.166. The predicted molar refractivity (Wildman–Crippen MR) is 144 cm³/mol. The van der Waals surface area contributed by atoms with E-state index < -0.39 is 35.9 Å². The highest BCUT2D eigenvalue weighted by Crippen LogP contribution is 2.40. The first kappa shape index (κ1) is 30.3. The standard InChI is InChI=1S/C28H40FN5O5/c1-4-7-9-11-13-15-22(35)37-18-28(6-3)20(38-23(36)16-14-12-10-8-5-2)17-21(39-28)34-19-31-24-25(30)32-27(29)33-26(24)34/h3,19-21H,4-5,7-18H2,1-2H3,(H2,30,32,33)/t20-,21+,28+/m0/s1. The predicted octanol–water partition coefficient (Wildman–Crippen LogP) is 5.01. The first-order valence-corrected chi connectivity index (χ1v) is 14.0. The maximum Gasteiger partial charge on any atom is 0.312 e. The van der Waals surface area contributed by atoms with Crippen LogP contribution in [0.3, 0.4) is 0 Å². The molecule has 0 bridgehead atoms. The van der Waals surface area contributed by atoms with Crippen LogP contribution in [0.5, 0.6) is 0 Å². The fourth-order valence-electron chi connectivity index (χ4n) is 4.69. The Morgan fingerprint density at radius 2 is 1.74 bits per heavy atom. The minimum atomic E-state index is -1.53. The number of halogens is 1. The van der Waals surface area contributed by atoms with Gasteiger partial charge in [0, 0.05) is 19.3 Å². The van der Waals surface area contributed by atoms with Crippen molar-refractivity contribution in [2.75, 3.05) is 12.3 Å². The summed E-state index contributed by atoms with van der Waals surface area (Å²) in [7, 11) is 0. The molecule has 0 aliphatic carbocycles. The Kier molecular flexibility index (Phi) is 11.5. The number of nitrogen functional groups attached to an aromatic ring is 1. The summed E-state index contributed by atoms with van der Waals surface area (Å²) in [4.78, 5) is 36.7. The molecule has 2 aromatic rings. The van der Waals surface area contributed by atoms with Gasteiger partial charge in [-0.2, -0.15) is 14.4 Å². The van der Waals surface area contributed by atoms with Crippen LogP contribution in [0.2, 0.25) is 0 Å². The lowest BCUT2D eigenvalue weighted by Crippen LogP contribution is -2.45.